The Morgan fingerprint density at radius 3 is 2.79 bits per heavy atom. The van der Waals surface area contributed by atoms with Crippen molar-refractivity contribution in [3.05, 3.63) is 64.7 Å². The Morgan fingerprint density at radius 1 is 1.15 bits per heavy atom. The van der Waals surface area contributed by atoms with Gasteiger partial charge < -0.3 is 19.3 Å². The quantitative estimate of drug-likeness (QED) is 0.647. The van der Waals surface area contributed by atoms with Crippen LogP contribution in [0.3, 0.4) is 0 Å². The molecule has 5 rings (SSSR count). The van der Waals surface area contributed by atoms with Crippen LogP contribution in [0.5, 0.6) is 5.75 Å². The summed E-state index contributed by atoms with van der Waals surface area (Å²) in [5.74, 6) is -0.848. The van der Waals surface area contributed by atoms with Gasteiger partial charge in [-0.3, -0.25) is 24.5 Å². The summed E-state index contributed by atoms with van der Waals surface area (Å²) < 4.78 is 27.9. The number of morpholine rings is 1. The molecule has 0 bridgehead atoms. The smallest absolute Gasteiger partial charge is 0.255 e. The minimum Gasteiger partial charge on any atom is -0.489 e. The monoisotopic (exact) mass is 465 g/mol. The number of imide groups is 1. The van der Waals surface area contributed by atoms with E-state index in [1.165, 1.54) is 9.80 Å². The van der Waals surface area contributed by atoms with Crippen LogP contribution in [0, 0.1) is 0 Å². The maximum Gasteiger partial charge on any atom is 0.255 e. The molecule has 2 unspecified atom stereocenters. The van der Waals surface area contributed by atoms with Gasteiger partial charge in [0.15, 0.2) is 0 Å². The van der Waals surface area contributed by atoms with Gasteiger partial charge in [0.1, 0.15) is 25.0 Å². The van der Waals surface area contributed by atoms with Crippen LogP contribution in [0.4, 0.5) is 0 Å². The lowest BCUT2D eigenvalue weighted by Crippen LogP contribution is -2.52. The molecule has 3 aliphatic rings. The number of ether oxygens (including phenoxy) is 2. The van der Waals surface area contributed by atoms with Gasteiger partial charge in [-0.25, -0.2) is 0 Å². The Labute approximate surface area is 199 Å². The summed E-state index contributed by atoms with van der Waals surface area (Å²) in [7, 11) is 0. The van der Waals surface area contributed by atoms with E-state index in [4.69, 9.17) is 12.2 Å². The van der Waals surface area contributed by atoms with Gasteiger partial charge in [-0.2, -0.15) is 0 Å². The zero-order valence-electron chi connectivity index (χ0n) is 20.4. The van der Waals surface area contributed by atoms with Crippen LogP contribution < -0.4 is 10.1 Å². The molecule has 0 spiro atoms. The molecule has 2 saturated heterocycles. The second-order valence-electron chi connectivity index (χ2n) is 8.39. The summed E-state index contributed by atoms with van der Waals surface area (Å²) in [6, 6.07) is 9.59. The van der Waals surface area contributed by atoms with E-state index in [2.05, 4.69) is 5.32 Å². The maximum absolute atomic E-state index is 13.0. The molecule has 1 N–H and O–H groups in total. The number of carbonyl (C=O) groups is 4. The van der Waals surface area contributed by atoms with Crippen LogP contribution >= 0.6 is 0 Å². The van der Waals surface area contributed by atoms with E-state index in [0.29, 0.717) is 41.2 Å². The van der Waals surface area contributed by atoms with Crippen LogP contribution in [-0.4, -0.2) is 59.2 Å². The SMILES string of the molecule is [2H]c1cc(COc2cccc3c2CN(C2CCC(=O)NC2=O)C3=O)ccc1C([2H])N1CCOCC1=O. The Morgan fingerprint density at radius 2 is 2.00 bits per heavy atom. The van der Waals surface area contributed by atoms with Gasteiger partial charge in [0, 0.05) is 30.6 Å². The fraction of sp³-hybridized carbons (Fsp3) is 0.360. The van der Waals surface area contributed by atoms with Crippen molar-refractivity contribution in [1.29, 1.82) is 0 Å². The van der Waals surface area contributed by atoms with Crippen molar-refractivity contribution >= 4 is 23.6 Å². The molecule has 0 aromatic heterocycles. The van der Waals surface area contributed by atoms with Crippen LogP contribution in [0.2, 0.25) is 0 Å². The van der Waals surface area contributed by atoms with Crippen LogP contribution in [0.1, 0.15) is 42.6 Å². The average Bonchev–Trinajstić information content (AvgIpc) is 3.19. The number of fused-ring (bicyclic) bond motifs is 1. The highest BCUT2D eigenvalue weighted by molar-refractivity contribution is 6.05. The fourth-order valence-corrected chi connectivity index (χ4v) is 4.33. The van der Waals surface area contributed by atoms with Gasteiger partial charge in [0.2, 0.25) is 17.7 Å². The van der Waals surface area contributed by atoms with E-state index >= 15 is 0 Å². The number of benzene rings is 2. The Hall–Kier alpha value is -3.72. The number of nitrogens with one attached hydrogen (secondary N) is 1. The van der Waals surface area contributed by atoms with Crippen LogP contribution in [0.25, 0.3) is 0 Å². The summed E-state index contributed by atoms with van der Waals surface area (Å²) in [5, 5.41) is 2.29. The highest BCUT2D eigenvalue weighted by Crippen LogP contribution is 2.34. The van der Waals surface area contributed by atoms with Crippen molar-refractivity contribution in [2.75, 3.05) is 19.8 Å². The lowest BCUT2D eigenvalue weighted by atomic mass is 10.0. The second kappa shape index (κ2) is 9.26. The molecule has 2 aromatic rings. The lowest BCUT2D eigenvalue weighted by Gasteiger charge is -2.29. The molecule has 0 radical (unpaired) electrons. The minimum absolute atomic E-state index is 0.0560. The molecule has 9 heteroatoms. The fourth-order valence-electron chi connectivity index (χ4n) is 4.33. The van der Waals surface area contributed by atoms with E-state index < -0.39 is 18.5 Å². The summed E-state index contributed by atoms with van der Waals surface area (Å²) >= 11 is 0. The molecule has 3 heterocycles. The number of carbonyl (C=O) groups excluding carboxylic acids is 4. The number of hydrogen-bond donors (Lipinski definition) is 1. The highest BCUT2D eigenvalue weighted by atomic mass is 16.5. The van der Waals surface area contributed by atoms with Crippen molar-refractivity contribution in [3.63, 3.8) is 0 Å². The van der Waals surface area contributed by atoms with Crippen molar-refractivity contribution < 1.29 is 31.4 Å². The normalized spacial score (nSPS) is 22.2. The van der Waals surface area contributed by atoms with Crippen LogP contribution in [0.15, 0.2) is 42.4 Å². The van der Waals surface area contributed by atoms with Gasteiger partial charge >= 0.3 is 0 Å². The number of amides is 4. The van der Waals surface area contributed by atoms with Gasteiger partial charge in [0.25, 0.3) is 5.91 Å². The third-order valence-electron chi connectivity index (χ3n) is 6.15. The number of rotatable bonds is 6. The van der Waals surface area contributed by atoms with Crippen molar-refractivity contribution in [1.82, 2.24) is 15.1 Å². The molecular weight excluding hydrogens is 438 g/mol. The third-order valence-corrected chi connectivity index (χ3v) is 6.15. The van der Waals surface area contributed by atoms with Crippen LogP contribution in [-0.2, 0) is 38.8 Å². The topological polar surface area (TPSA) is 105 Å². The van der Waals surface area contributed by atoms with Gasteiger partial charge in [-0.05, 0) is 29.7 Å². The average molecular weight is 466 g/mol. The molecule has 9 nitrogen and oxygen atoms in total. The molecule has 34 heavy (non-hydrogen) atoms. The number of nitrogens with zero attached hydrogens (tertiary/aromatic N) is 2. The Kier molecular flexibility index (Phi) is 5.37. The standard InChI is InChI=1S/C25H25N3O6/c29-22-9-8-20(24(31)26-22)28-13-19-18(25(28)32)2-1-3-21(19)34-14-17-6-4-16(5-7-17)12-27-10-11-33-15-23(27)30/h1-7,20H,8-15H2,(H,26,29,31)/i4D,12D. The second-order valence-corrected chi connectivity index (χ2v) is 8.39. The highest BCUT2D eigenvalue weighted by Gasteiger charge is 2.40. The summed E-state index contributed by atoms with van der Waals surface area (Å²) in [5.41, 5.74) is 2.25. The third kappa shape index (κ3) is 4.38. The van der Waals surface area contributed by atoms with E-state index in [-0.39, 0.29) is 56.4 Å². The largest absolute Gasteiger partial charge is 0.489 e. The molecule has 2 atom stereocenters. The zero-order valence-corrected chi connectivity index (χ0v) is 18.4. The maximum atomic E-state index is 13.0. The minimum atomic E-state index is -0.981. The molecule has 0 aliphatic carbocycles. The number of piperidine rings is 1. The zero-order chi connectivity index (χ0) is 25.4. The van der Waals surface area contributed by atoms with E-state index in [1.807, 2.05) is 0 Å². The molecule has 2 aromatic carbocycles. The lowest BCUT2D eigenvalue weighted by molar-refractivity contribution is -0.143. The Bertz CT molecular complexity index is 1250. The summed E-state index contributed by atoms with van der Waals surface area (Å²) in [4.78, 5) is 51.7. The van der Waals surface area contributed by atoms with Crippen molar-refractivity contribution in [2.24, 2.45) is 0 Å². The van der Waals surface area contributed by atoms with E-state index in [9.17, 15) is 19.2 Å². The van der Waals surface area contributed by atoms with E-state index in [0.717, 1.165) is 0 Å². The summed E-state index contributed by atoms with van der Waals surface area (Å²) in [6.07, 6.45) is 0.469. The first-order valence-corrected chi connectivity index (χ1v) is 11.1. The van der Waals surface area contributed by atoms with Gasteiger partial charge in [-0.15, -0.1) is 0 Å². The number of hydrogen-bond acceptors (Lipinski definition) is 6. The van der Waals surface area contributed by atoms with E-state index in [1.54, 1.807) is 36.4 Å². The summed E-state index contributed by atoms with van der Waals surface area (Å²) in [6.45, 7) is -0.0252. The molecule has 176 valence electrons. The van der Waals surface area contributed by atoms with Crippen molar-refractivity contribution in [3.8, 4) is 5.75 Å². The first-order chi connectivity index (χ1) is 17.3. The molecular formula is C25H25N3O6. The molecule has 3 aliphatic heterocycles. The Balaban J connectivity index is 1.28. The first-order valence-electron chi connectivity index (χ1n) is 12.2. The van der Waals surface area contributed by atoms with Gasteiger partial charge in [0.05, 0.1) is 15.9 Å². The molecule has 0 saturated carbocycles. The predicted molar refractivity (Wildman–Crippen MR) is 119 cm³/mol. The van der Waals surface area contributed by atoms with Gasteiger partial charge in [-0.1, -0.05) is 30.3 Å². The predicted octanol–water partition coefficient (Wildman–Crippen LogP) is 1.39. The van der Waals surface area contributed by atoms with Crippen molar-refractivity contribution in [2.45, 2.75) is 38.6 Å². The molecule has 4 amide bonds. The molecule has 2 fully saturated rings. The first kappa shape index (κ1) is 19.7.